The van der Waals surface area contributed by atoms with E-state index in [0.717, 1.165) is 5.69 Å². The van der Waals surface area contributed by atoms with Gasteiger partial charge in [0.25, 0.3) is 0 Å². The van der Waals surface area contributed by atoms with Gasteiger partial charge < -0.3 is 5.73 Å². The van der Waals surface area contributed by atoms with Gasteiger partial charge in [-0.25, -0.2) is 4.98 Å². The molecule has 18 heavy (non-hydrogen) atoms. The largest absolute Gasteiger partial charge is 0.323 e. The molecule has 0 aliphatic carbocycles. The van der Waals surface area contributed by atoms with Crippen LogP contribution >= 0.6 is 0 Å². The first kappa shape index (κ1) is 11.8. The van der Waals surface area contributed by atoms with Gasteiger partial charge in [-0.1, -0.05) is 0 Å². The topological polar surface area (TPSA) is 104 Å². The fraction of sp³-hybridized carbons (Fsp3) is 0.167. The standard InChI is InChI=1S/C12H10N6/c1-8(15)10-3-2-9(6-16-10)18-7-17-11(4-13)12(18)5-14/h2-3,6-8H,15H2,1H3/t8-/m1/s1. The summed E-state index contributed by atoms with van der Waals surface area (Å²) in [5, 5.41) is 17.8. The second kappa shape index (κ2) is 4.66. The average Bonchev–Trinajstić information content (AvgIpc) is 2.81. The molecule has 0 spiro atoms. The quantitative estimate of drug-likeness (QED) is 0.841. The van der Waals surface area contributed by atoms with E-state index in [9.17, 15) is 0 Å². The highest BCUT2D eigenvalue weighted by Crippen LogP contribution is 2.14. The highest BCUT2D eigenvalue weighted by Gasteiger charge is 2.11. The van der Waals surface area contributed by atoms with Crippen molar-refractivity contribution in [1.29, 1.82) is 10.5 Å². The summed E-state index contributed by atoms with van der Waals surface area (Å²) < 4.78 is 1.52. The van der Waals surface area contributed by atoms with Gasteiger partial charge >= 0.3 is 0 Å². The van der Waals surface area contributed by atoms with Gasteiger partial charge in [-0.2, -0.15) is 10.5 Å². The Bertz CT molecular complexity index is 639. The Morgan fingerprint density at radius 1 is 1.28 bits per heavy atom. The van der Waals surface area contributed by atoms with Crippen molar-refractivity contribution in [2.24, 2.45) is 5.73 Å². The molecule has 0 aromatic carbocycles. The average molecular weight is 238 g/mol. The van der Waals surface area contributed by atoms with E-state index >= 15 is 0 Å². The fourth-order valence-electron chi connectivity index (χ4n) is 1.54. The Labute approximate surface area is 104 Å². The minimum absolute atomic E-state index is 0.105. The van der Waals surface area contributed by atoms with Gasteiger partial charge in [0, 0.05) is 6.04 Å². The fourth-order valence-corrected chi connectivity index (χ4v) is 1.54. The van der Waals surface area contributed by atoms with Gasteiger partial charge in [0.15, 0.2) is 11.4 Å². The summed E-state index contributed by atoms with van der Waals surface area (Å²) in [7, 11) is 0. The van der Waals surface area contributed by atoms with Crippen LogP contribution in [0, 0.1) is 22.7 Å². The van der Waals surface area contributed by atoms with Crippen molar-refractivity contribution in [2.45, 2.75) is 13.0 Å². The van der Waals surface area contributed by atoms with Crippen molar-refractivity contribution in [1.82, 2.24) is 14.5 Å². The number of pyridine rings is 1. The van der Waals surface area contributed by atoms with E-state index in [1.807, 2.05) is 19.1 Å². The predicted octanol–water partition coefficient (Wildman–Crippen LogP) is 1.03. The second-order valence-electron chi connectivity index (χ2n) is 3.77. The van der Waals surface area contributed by atoms with E-state index in [4.69, 9.17) is 16.3 Å². The van der Waals surface area contributed by atoms with E-state index in [0.29, 0.717) is 5.69 Å². The number of hydrogen-bond donors (Lipinski definition) is 1. The normalized spacial score (nSPS) is 11.6. The molecule has 0 radical (unpaired) electrons. The molecular formula is C12H10N6. The van der Waals surface area contributed by atoms with Crippen molar-refractivity contribution in [3.8, 4) is 17.8 Å². The van der Waals surface area contributed by atoms with Crippen LogP contribution in [-0.2, 0) is 0 Å². The van der Waals surface area contributed by atoms with Crippen LogP contribution in [0.2, 0.25) is 0 Å². The van der Waals surface area contributed by atoms with Gasteiger partial charge in [-0.05, 0) is 19.1 Å². The molecule has 0 saturated carbocycles. The zero-order chi connectivity index (χ0) is 13.1. The van der Waals surface area contributed by atoms with Crippen molar-refractivity contribution in [3.63, 3.8) is 0 Å². The molecule has 6 nitrogen and oxygen atoms in total. The minimum atomic E-state index is -0.146. The van der Waals surface area contributed by atoms with Gasteiger partial charge in [-0.3, -0.25) is 9.55 Å². The number of nitriles is 2. The minimum Gasteiger partial charge on any atom is -0.323 e. The molecule has 2 aromatic heterocycles. The highest BCUT2D eigenvalue weighted by atomic mass is 15.1. The lowest BCUT2D eigenvalue weighted by Gasteiger charge is -2.07. The summed E-state index contributed by atoms with van der Waals surface area (Å²) in [4.78, 5) is 8.07. The van der Waals surface area contributed by atoms with Crippen LogP contribution in [-0.4, -0.2) is 14.5 Å². The zero-order valence-electron chi connectivity index (χ0n) is 9.70. The molecule has 6 heteroatoms. The van der Waals surface area contributed by atoms with E-state index in [2.05, 4.69) is 9.97 Å². The first-order valence-corrected chi connectivity index (χ1v) is 5.26. The summed E-state index contributed by atoms with van der Waals surface area (Å²) in [5.74, 6) is 0. The van der Waals surface area contributed by atoms with E-state index < -0.39 is 0 Å². The number of hydrogen-bond acceptors (Lipinski definition) is 5. The third kappa shape index (κ3) is 1.93. The van der Waals surface area contributed by atoms with Gasteiger partial charge in [-0.15, -0.1) is 0 Å². The number of nitrogens with zero attached hydrogens (tertiary/aromatic N) is 5. The molecule has 2 heterocycles. The molecule has 0 fully saturated rings. The van der Waals surface area contributed by atoms with Crippen LogP contribution in [0.25, 0.3) is 5.69 Å². The number of nitrogens with two attached hydrogens (primary N) is 1. The lowest BCUT2D eigenvalue weighted by Crippen LogP contribution is -2.07. The SMILES string of the molecule is C[C@@H](N)c1ccc(-n2cnc(C#N)c2C#N)cn1. The molecule has 0 aliphatic rings. The van der Waals surface area contributed by atoms with Crippen LogP contribution in [0.15, 0.2) is 24.7 Å². The van der Waals surface area contributed by atoms with Crippen LogP contribution in [0.3, 0.4) is 0 Å². The van der Waals surface area contributed by atoms with Crippen LogP contribution in [0.1, 0.15) is 30.0 Å². The number of rotatable bonds is 2. The first-order valence-electron chi connectivity index (χ1n) is 5.26. The molecule has 0 bridgehead atoms. The Morgan fingerprint density at radius 2 is 2.06 bits per heavy atom. The Hall–Kier alpha value is -2.70. The van der Waals surface area contributed by atoms with Crippen molar-refractivity contribution in [3.05, 3.63) is 41.7 Å². The molecule has 1 atom stereocenters. The number of imidazole rings is 1. The lowest BCUT2D eigenvalue weighted by atomic mass is 10.2. The highest BCUT2D eigenvalue weighted by molar-refractivity contribution is 5.43. The first-order chi connectivity index (χ1) is 8.67. The molecular weight excluding hydrogens is 228 g/mol. The molecule has 88 valence electrons. The molecule has 2 N–H and O–H groups in total. The summed E-state index contributed by atoms with van der Waals surface area (Å²) in [6.07, 6.45) is 3.03. The van der Waals surface area contributed by atoms with Gasteiger partial charge in [0.2, 0.25) is 0 Å². The predicted molar refractivity (Wildman–Crippen MR) is 63.4 cm³/mol. The van der Waals surface area contributed by atoms with Crippen LogP contribution < -0.4 is 5.73 Å². The Kier molecular flexibility index (Phi) is 3.05. The van der Waals surface area contributed by atoms with Gasteiger partial charge in [0.05, 0.1) is 17.6 Å². The lowest BCUT2D eigenvalue weighted by molar-refractivity contribution is 0.779. The molecule has 0 amide bonds. The van der Waals surface area contributed by atoms with Crippen LogP contribution in [0.4, 0.5) is 0 Å². The molecule has 2 aromatic rings. The van der Waals surface area contributed by atoms with E-state index in [1.165, 1.54) is 10.9 Å². The third-order valence-corrected chi connectivity index (χ3v) is 2.49. The summed E-state index contributed by atoms with van der Waals surface area (Å²) in [6, 6.07) is 7.25. The van der Waals surface area contributed by atoms with Crippen molar-refractivity contribution < 1.29 is 0 Å². The molecule has 0 saturated heterocycles. The molecule has 0 aliphatic heterocycles. The Morgan fingerprint density at radius 3 is 2.56 bits per heavy atom. The summed E-state index contributed by atoms with van der Waals surface area (Å²) in [6.45, 7) is 1.84. The Balaban J connectivity index is 2.47. The molecule has 2 rings (SSSR count). The summed E-state index contributed by atoms with van der Waals surface area (Å²) >= 11 is 0. The second-order valence-corrected chi connectivity index (χ2v) is 3.77. The van der Waals surface area contributed by atoms with Crippen LogP contribution in [0.5, 0.6) is 0 Å². The maximum atomic E-state index is 9.02. The smallest absolute Gasteiger partial charge is 0.177 e. The van der Waals surface area contributed by atoms with Gasteiger partial charge in [0.1, 0.15) is 18.5 Å². The maximum absolute atomic E-state index is 9.02. The molecule has 0 unspecified atom stereocenters. The summed E-state index contributed by atoms with van der Waals surface area (Å²) in [5.41, 5.74) is 7.45. The van der Waals surface area contributed by atoms with Crippen molar-refractivity contribution in [2.75, 3.05) is 0 Å². The zero-order valence-corrected chi connectivity index (χ0v) is 9.70. The van der Waals surface area contributed by atoms with E-state index in [-0.39, 0.29) is 17.4 Å². The monoisotopic (exact) mass is 238 g/mol. The maximum Gasteiger partial charge on any atom is 0.177 e. The number of aromatic nitrogens is 3. The van der Waals surface area contributed by atoms with Crippen molar-refractivity contribution >= 4 is 0 Å². The third-order valence-electron chi connectivity index (χ3n) is 2.49. The van der Waals surface area contributed by atoms with E-state index in [1.54, 1.807) is 18.3 Å².